The SMILES string of the molecule is CN=C(NCCS(=O)(=O)c1ccccc1)NCc1ncc(C(C)(C)C)o1.I. The number of benzene rings is 1. The molecule has 0 saturated heterocycles. The first-order valence-electron chi connectivity index (χ1n) is 8.40. The molecule has 0 amide bonds. The number of hydrogen-bond acceptors (Lipinski definition) is 5. The molecule has 1 aromatic heterocycles. The first kappa shape index (κ1) is 23.4. The van der Waals surface area contributed by atoms with Crippen molar-refractivity contribution < 1.29 is 12.8 Å². The van der Waals surface area contributed by atoms with Crippen LogP contribution in [0.4, 0.5) is 0 Å². The van der Waals surface area contributed by atoms with Crippen LogP contribution in [0.25, 0.3) is 0 Å². The number of sulfone groups is 1. The van der Waals surface area contributed by atoms with Crippen molar-refractivity contribution in [1.29, 1.82) is 0 Å². The Morgan fingerprint density at radius 2 is 1.85 bits per heavy atom. The summed E-state index contributed by atoms with van der Waals surface area (Å²) in [4.78, 5) is 8.64. The van der Waals surface area contributed by atoms with Gasteiger partial charge in [0.05, 0.1) is 23.4 Å². The molecule has 0 fully saturated rings. The Kier molecular flexibility index (Phi) is 8.73. The summed E-state index contributed by atoms with van der Waals surface area (Å²) in [6.07, 6.45) is 1.72. The number of guanidine groups is 1. The van der Waals surface area contributed by atoms with E-state index in [1.165, 1.54) is 0 Å². The lowest BCUT2D eigenvalue weighted by molar-refractivity contribution is 0.379. The molecule has 0 unspecified atom stereocenters. The van der Waals surface area contributed by atoms with Crippen LogP contribution in [0.15, 0.2) is 50.8 Å². The van der Waals surface area contributed by atoms with Gasteiger partial charge in [0.1, 0.15) is 5.76 Å². The number of rotatable bonds is 6. The maximum atomic E-state index is 12.3. The Bertz CT molecular complexity index is 843. The van der Waals surface area contributed by atoms with Crippen molar-refractivity contribution in [2.24, 2.45) is 4.99 Å². The van der Waals surface area contributed by atoms with Gasteiger partial charge < -0.3 is 15.1 Å². The molecule has 0 spiro atoms. The maximum Gasteiger partial charge on any atom is 0.213 e. The number of halogens is 1. The molecular formula is C18H27IN4O3S. The van der Waals surface area contributed by atoms with Crippen LogP contribution in [0, 0.1) is 0 Å². The number of nitrogens with zero attached hydrogens (tertiary/aromatic N) is 2. The number of aromatic nitrogens is 1. The van der Waals surface area contributed by atoms with E-state index < -0.39 is 9.84 Å². The van der Waals surface area contributed by atoms with E-state index >= 15 is 0 Å². The molecule has 1 heterocycles. The summed E-state index contributed by atoms with van der Waals surface area (Å²) in [6, 6.07) is 8.40. The van der Waals surface area contributed by atoms with Gasteiger partial charge in [-0.25, -0.2) is 13.4 Å². The Morgan fingerprint density at radius 1 is 1.19 bits per heavy atom. The molecule has 2 N–H and O–H groups in total. The standard InChI is InChI=1S/C18H26N4O3S.HI/c1-18(2,3)15-12-21-16(25-15)13-22-17(19-4)20-10-11-26(23,24)14-8-6-5-7-9-14;/h5-9,12H,10-11,13H2,1-4H3,(H2,19,20,22);1H. The molecule has 0 aliphatic rings. The van der Waals surface area contributed by atoms with Crippen molar-refractivity contribution in [3.05, 3.63) is 48.2 Å². The second kappa shape index (κ2) is 10.1. The lowest BCUT2D eigenvalue weighted by Crippen LogP contribution is -2.39. The lowest BCUT2D eigenvalue weighted by atomic mass is 9.94. The highest BCUT2D eigenvalue weighted by Gasteiger charge is 2.19. The maximum absolute atomic E-state index is 12.3. The van der Waals surface area contributed by atoms with Gasteiger partial charge in [0.2, 0.25) is 5.89 Å². The first-order chi connectivity index (χ1) is 12.2. The number of hydrogen-bond donors (Lipinski definition) is 2. The smallest absolute Gasteiger partial charge is 0.213 e. The largest absolute Gasteiger partial charge is 0.443 e. The van der Waals surface area contributed by atoms with Gasteiger partial charge in [-0.15, -0.1) is 24.0 Å². The zero-order chi connectivity index (χ0) is 19.2. The summed E-state index contributed by atoms with van der Waals surface area (Å²) in [7, 11) is -1.70. The summed E-state index contributed by atoms with van der Waals surface area (Å²) >= 11 is 0. The molecule has 0 saturated carbocycles. The molecule has 150 valence electrons. The molecule has 0 radical (unpaired) electrons. The van der Waals surface area contributed by atoms with E-state index in [1.54, 1.807) is 43.6 Å². The van der Waals surface area contributed by atoms with Crippen molar-refractivity contribution in [2.45, 2.75) is 37.6 Å². The van der Waals surface area contributed by atoms with E-state index in [0.29, 0.717) is 23.3 Å². The fourth-order valence-corrected chi connectivity index (χ4v) is 3.35. The number of nitrogens with one attached hydrogen (secondary N) is 2. The van der Waals surface area contributed by atoms with Crippen LogP contribution in [0.3, 0.4) is 0 Å². The Balaban J connectivity index is 0.00000364. The molecule has 0 aliphatic carbocycles. The highest BCUT2D eigenvalue weighted by molar-refractivity contribution is 14.0. The molecule has 0 bridgehead atoms. The molecule has 0 atom stereocenters. The fourth-order valence-electron chi connectivity index (χ4n) is 2.17. The van der Waals surface area contributed by atoms with Crippen LogP contribution in [0.1, 0.15) is 32.4 Å². The first-order valence-corrected chi connectivity index (χ1v) is 10.0. The zero-order valence-electron chi connectivity index (χ0n) is 16.0. The van der Waals surface area contributed by atoms with E-state index in [2.05, 4.69) is 41.4 Å². The van der Waals surface area contributed by atoms with Crippen molar-refractivity contribution in [2.75, 3.05) is 19.3 Å². The van der Waals surface area contributed by atoms with Gasteiger partial charge in [0.25, 0.3) is 0 Å². The quantitative estimate of drug-likeness (QED) is 0.356. The molecule has 1 aromatic carbocycles. The highest BCUT2D eigenvalue weighted by Crippen LogP contribution is 2.22. The van der Waals surface area contributed by atoms with Crippen LogP contribution in [-0.2, 0) is 21.8 Å². The molecule has 9 heteroatoms. The predicted molar refractivity (Wildman–Crippen MR) is 117 cm³/mol. The number of aliphatic imine (C=N–C) groups is 1. The average molecular weight is 506 g/mol. The van der Waals surface area contributed by atoms with Crippen LogP contribution in [0.5, 0.6) is 0 Å². The number of oxazole rings is 1. The topological polar surface area (TPSA) is 96.6 Å². The third-order valence-corrected chi connectivity index (χ3v) is 5.42. The van der Waals surface area contributed by atoms with Gasteiger partial charge in [-0.05, 0) is 12.1 Å². The minimum Gasteiger partial charge on any atom is -0.443 e. The average Bonchev–Trinajstić information content (AvgIpc) is 3.08. The van der Waals surface area contributed by atoms with Gasteiger partial charge >= 0.3 is 0 Å². The van der Waals surface area contributed by atoms with Crippen LogP contribution >= 0.6 is 24.0 Å². The Hall–Kier alpha value is -1.62. The van der Waals surface area contributed by atoms with E-state index in [9.17, 15) is 8.42 Å². The lowest BCUT2D eigenvalue weighted by Gasteiger charge is -2.13. The van der Waals surface area contributed by atoms with Crippen molar-refractivity contribution in [1.82, 2.24) is 15.6 Å². The Morgan fingerprint density at radius 3 is 2.41 bits per heavy atom. The molecule has 27 heavy (non-hydrogen) atoms. The van der Waals surface area contributed by atoms with Gasteiger partial charge in [-0.2, -0.15) is 0 Å². The van der Waals surface area contributed by atoms with Gasteiger partial charge in [-0.1, -0.05) is 39.0 Å². The summed E-state index contributed by atoms with van der Waals surface area (Å²) in [5, 5.41) is 6.06. The minimum atomic E-state index is -3.32. The summed E-state index contributed by atoms with van der Waals surface area (Å²) in [5.74, 6) is 1.83. The van der Waals surface area contributed by atoms with E-state index in [1.807, 2.05) is 0 Å². The molecule has 2 aromatic rings. The third-order valence-electron chi connectivity index (χ3n) is 3.69. The van der Waals surface area contributed by atoms with Crippen molar-refractivity contribution in [3.8, 4) is 0 Å². The van der Waals surface area contributed by atoms with Gasteiger partial charge in [0, 0.05) is 19.0 Å². The fraction of sp³-hybridized carbons (Fsp3) is 0.444. The van der Waals surface area contributed by atoms with E-state index in [-0.39, 0.29) is 41.7 Å². The van der Waals surface area contributed by atoms with Crippen molar-refractivity contribution >= 4 is 39.8 Å². The Labute approximate surface area is 178 Å². The normalized spacial score (nSPS) is 12.4. The zero-order valence-corrected chi connectivity index (χ0v) is 19.2. The van der Waals surface area contributed by atoms with E-state index in [4.69, 9.17) is 4.42 Å². The summed E-state index contributed by atoms with van der Waals surface area (Å²) < 4.78 is 30.2. The van der Waals surface area contributed by atoms with Gasteiger partial charge in [-0.3, -0.25) is 4.99 Å². The molecular weight excluding hydrogens is 479 g/mol. The van der Waals surface area contributed by atoms with Crippen LogP contribution in [0.2, 0.25) is 0 Å². The van der Waals surface area contributed by atoms with E-state index in [0.717, 1.165) is 5.76 Å². The monoisotopic (exact) mass is 506 g/mol. The third kappa shape index (κ3) is 7.13. The molecule has 7 nitrogen and oxygen atoms in total. The van der Waals surface area contributed by atoms with Gasteiger partial charge in [0.15, 0.2) is 15.8 Å². The predicted octanol–water partition coefficient (Wildman–Crippen LogP) is 2.73. The summed E-state index contributed by atoms with van der Waals surface area (Å²) in [5.41, 5.74) is -0.100. The van der Waals surface area contributed by atoms with Crippen LogP contribution in [-0.4, -0.2) is 38.7 Å². The molecule has 2 rings (SSSR count). The minimum absolute atomic E-state index is 0. The summed E-state index contributed by atoms with van der Waals surface area (Å²) in [6.45, 7) is 6.77. The molecule has 0 aliphatic heterocycles. The second-order valence-electron chi connectivity index (χ2n) is 6.85. The second-order valence-corrected chi connectivity index (χ2v) is 8.96. The van der Waals surface area contributed by atoms with Crippen LogP contribution < -0.4 is 10.6 Å². The highest BCUT2D eigenvalue weighted by atomic mass is 127. The van der Waals surface area contributed by atoms with Crippen molar-refractivity contribution in [3.63, 3.8) is 0 Å².